The molecule has 4 aliphatic carbocycles. The fourth-order valence-corrected chi connectivity index (χ4v) is 7.38. The maximum Gasteiger partial charge on any atom is 0.0346 e. The van der Waals surface area contributed by atoms with Crippen LogP contribution in [0.25, 0.3) is 0 Å². The van der Waals surface area contributed by atoms with Crippen LogP contribution in [0.3, 0.4) is 0 Å². The minimum atomic E-state index is 0.532. The van der Waals surface area contributed by atoms with Crippen LogP contribution in [-0.4, -0.2) is 10.5 Å². The SMILES string of the molecule is C1=CC(C(SSC(C2C=CC=C2)C2C=CC=C2)C2C=CC=C2)C=C1. The third-order valence-electron chi connectivity index (χ3n) is 4.91. The molecule has 0 atom stereocenters. The van der Waals surface area contributed by atoms with Gasteiger partial charge in [0, 0.05) is 34.2 Å². The first-order valence-corrected chi connectivity index (χ1v) is 10.9. The van der Waals surface area contributed by atoms with Gasteiger partial charge in [-0.15, -0.1) is 0 Å². The lowest BCUT2D eigenvalue weighted by molar-refractivity contribution is 0.654. The number of hydrogen-bond donors (Lipinski definition) is 0. The highest BCUT2D eigenvalue weighted by Crippen LogP contribution is 2.47. The maximum atomic E-state index is 2.35. The molecule has 0 aromatic heterocycles. The molecule has 0 N–H and O–H groups in total. The molecule has 122 valence electrons. The van der Waals surface area contributed by atoms with E-state index in [1.54, 1.807) is 0 Å². The summed E-state index contributed by atoms with van der Waals surface area (Å²) < 4.78 is 0. The van der Waals surface area contributed by atoms with E-state index in [0.717, 1.165) is 0 Å². The molecule has 0 heterocycles. The molecule has 0 saturated heterocycles. The smallest absolute Gasteiger partial charge is 0.0346 e. The quantitative estimate of drug-likeness (QED) is 0.511. The summed E-state index contributed by atoms with van der Waals surface area (Å²) >= 11 is 0. The van der Waals surface area contributed by atoms with E-state index in [-0.39, 0.29) is 0 Å². The van der Waals surface area contributed by atoms with Crippen LogP contribution in [-0.2, 0) is 0 Å². The van der Waals surface area contributed by atoms with E-state index in [9.17, 15) is 0 Å². The van der Waals surface area contributed by atoms with Crippen LogP contribution in [0.15, 0.2) is 97.2 Å². The second-order valence-electron chi connectivity index (χ2n) is 6.51. The van der Waals surface area contributed by atoms with Crippen molar-refractivity contribution < 1.29 is 0 Å². The van der Waals surface area contributed by atoms with Gasteiger partial charge in [0.05, 0.1) is 0 Å². The molecular weight excluding hydrogens is 328 g/mol. The Hall–Kier alpha value is -1.38. The van der Waals surface area contributed by atoms with Gasteiger partial charge in [-0.2, -0.15) is 0 Å². The summed E-state index contributed by atoms with van der Waals surface area (Å²) in [6.07, 6.45) is 36.3. The lowest BCUT2D eigenvalue weighted by Gasteiger charge is -2.29. The topological polar surface area (TPSA) is 0 Å². The van der Waals surface area contributed by atoms with E-state index in [2.05, 4.69) is 119 Å². The van der Waals surface area contributed by atoms with Crippen LogP contribution in [0.2, 0.25) is 0 Å². The number of allylic oxidation sites excluding steroid dienone is 16. The van der Waals surface area contributed by atoms with E-state index in [4.69, 9.17) is 0 Å². The molecule has 0 radical (unpaired) electrons. The van der Waals surface area contributed by atoms with Gasteiger partial charge in [-0.25, -0.2) is 0 Å². The van der Waals surface area contributed by atoms with Crippen LogP contribution < -0.4 is 0 Å². The van der Waals surface area contributed by atoms with Crippen LogP contribution in [0.1, 0.15) is 0 Å². The molecule has 0 unspecified atom stereocenters. The second-order valence-corrected chi connectivity index (χ2v) is 9.14. The first-order chi connectivity index (χ1) is 11.9. The Morgan fingerprint density at radius 1 is 0.375 bits per heavy atom. The van der Waals surface area contributed by atoms with Crippen LogP contribution in [0.5, 0.6) is 0 Å². The minimum absolute atomic E-state index is 0.532. The van der Waals surface area contributed by atoms with Gasteiger partial charge in [0.25, 0.3) is 0 Å². The van der Waals surface area contributed by atoms with Gasteiger partial charge in [-0.3, -0.25) is 0 Å². The molecule has 0 nitrogen and oxygen atoms in total. The summed E-state index contributed by atoms with van der Waals surface area (Å²) in [5.41, 5.74) is 0. The van der Waals surface area contributed by atoms with Gasteiger partial charge >= 0.3 is 0 Å². The summed E-state index contributed by atoms with van der Waals surface area (Å²) in [5.74, 6) is 2.13. The molecule has 24 heavy (non-hydrogen) atoms. The fourth-order valence-electron chi connectivity index (χ4n) is 3.57. The Kier molecular flexibility index (Phi) is 5.15. The molecule has 4 rings (SSSR count). The minimum Gasteiger partial charge on any atom is -0.0885 e. The van der Waals surface area contributed by atoms with Gasteiger partial charge in [0.1, 0.15) is 0 Å². The van der Waals surface area contributed by atoms with Crippen molar-refractivity contribution in [1.82, 2.24) is 0 Å². The Balaban J connectivity index is 1.48. The van der Waals surface area contributed by atoms with E-state index >= 15 is 0 Å². The molecular formula is C22H22S2. The maximum absolute atomic E-state index is 2.35. The molecule has 0 saturated carbocycles. The van der Waals surface area contributed by atoms with Gasteiger partial charge in [0.2, 0.25) is 0 Å². The molecule has 0 aliphatic heterocycles. The molecule has 0 spiro atoms. The van der Waals surface area contributed by atoms with Crippen LogP contribution in [0, 0.1) is 23.7 Å². The average Bonchev–Trinajstić information content (AvgIpc) is 3.42. The summed E-state index contributed by atoms with van der Waals surface area (Å²) in [4.78, 5) is 0. The third-order valence-corrected chi connectivity index (χ3v) is 8.39. The Morgan fingerprint density at radius 2 is 0.583 bits per heavy atom. The predicted molar refractivity (Wildman–Crippen MR) is 110 cm³/mol. The van der Waals surface area contributed by atoms with Crippen molar-refractivity contribution in [3.05, 3.63) is 97.2 Å². The van der Waals surface area contributed by atoms with E-state index in [1.165, 1.54) is 0 Å². The molecule has 2 heteroatoms. The Bertz CT molecular complexity index is 523. The first kappa shape index (κ1) is 16.1. The third kappa shape index (κ3) is 3.50. The van der Waals surface area contributed by atoms with E-state index < -0.39 is 0 Å². The second kappa shape index (κ2) is 7.67. The first-order valence-electron chi connectivity index (χ1n) is 8.64. The lowest BCUT2D eigenvalue weighted by atomic mass is 9.96. The average molecular weight is 351 g/mol. The zero-order valence-electron chi connectivity index (χ0n) is 13.5. The van der Waals surface area contributed by atoms with Crippen molar-refractivity contribution in [3.8, 4) is 0 Å². The fraction of sp³-hybridized carbons (Fsp3) is 0.273. The Morgan fingerprint density at radius 3 is 0.792 bits per heavy atom. The van der Waals surface area contributed by atoms with Crippen molar-refractivity contribution in [2.75, 3.05) is 0 Å². The molecule has 0 amide bonds. The number of rotatable bonds is 7. The largest absolute Gasteiger partial charge is 0.0885 e. The zero-order valence-corrected chi connectivity index (χ0v) is 15.2. The van der Waals surface area contributed by atoms with E-state index in [0.29, 0.717) is 34.2 Å². The van der Waals surface area contributed by atoms with Crippen molar-refractivity contribution in [3.63, 3.8) is 0 Å². The van der Waals surface area contributed by atoms with Crippen LogP contribution in [0.4, 0.5) is 0 Å². The molecule has 4 aliphatic rings. The zero-order chi connectivity index (χ0) is 16.2. The molecule has 0 bridgehead atoms. The summed E-state index contributed by atoms with van der Waals surface area (Å²) in [7, 11) is 4.15. The van der Waals surface area contributed by atoms with Crippen molar-refractivity contribution in [2.24, 2.45) is 23.7 Å². The van der Waals surface area contributed by atoms with Crippen LogP contribution >= 0.6 is 21.6 Å². The summed E-state index contributed by atoms with van der Waals surface area (Å²) in [6, 6.07) is 0. The lowest BCUT2D eigenvalue weighted by Crippen LogP contribution is -2.23. The van der Waals surface area contributed by atoms with Gasteiger partial charge in [-0.05, 0) is 0 Å². The summed E-state index contributed by atoms with van der Waals surface area (Å²) in [5, 5.41) is 1.12. The van der Waals surface area contributed by atoms with Gasteiger partial charge in [-0.1, -0.05) is 119 Å². The standard InChI is InChI=1S/C22H22S2/c1-2-10-17(9-1)21(18-11-3-4-12-18)23-24-22(19-13-5-6-14-19)20-15-7-8-16-20/h1-22H. The summed E-state index contributed by atoms with van der Waals surface area (Å²) in [6.45, 7) is 0. The number of hydrogen-bond acceptors (Lipinski definition) is 2. The molecule has 0 fully saturated rings. The normalized spacial score (nSPS) is 22.9. The van der Waals surface area contributed by atoms with E-state index in [1.807, 2.05) is 0 Å². The highest BCUT2D eigenvalue weighted by atomic mass is 33.1. The van der Waals surface area contributed by atoms with Crippen molar-refractivity contribution in [1.29, 1.82) is 0 Å². The predicted octanol–water partition coefficient (Wildman–Crippen LogP) is 6.07. The monoisotopic (exact) mass is 350 g/mol. The molecule has 0 aromatic rings. The highest BCUT2D eigenvalue weighted by molar-refractivity contribution is 8.77. The Labute approximate surface area is 153 Å². The van der Waals surface area contributed by atoms with Crippen molar-refractivity contribution in [2.45, 2.75) is 10.5 Å². The highest BCUT2D eigenvalue weighted by Gasteiger charge is 2.31. The van der Waals surface area contributed by atoms with Gasteiger partial charge in [0.15, 0.2) is 0 Å². The molecule has 0 aromatic carbocycles. The van der Waals surface area contributed by atoms with Crippen molar-refractivity contribution >= 4 is 21.6 Å². The van der Waals surface area contributed by atoms with Gasteiger partial charge < -0.3 is 0 Å².